The van der Waals surface area contributed by atoms with E-state index in [2.05, 4.69) is 23.8 Å². The standard InChI is InChI=1S/C14H16N2O3.C7H16O/c1-8-4-5-11(12-6-15-10(3)16-12)14(9(8)2)19-7-13(17)18;1-3-5-7-8-6-4-2/h4-6H,7H2,1-3H3,(H,15,16)(H,17,18);3-7H2,1-2H3. The quantitative estimate of drug-likeness (QED) is 0.621. The van der Waals surface area contributed by atoms with Crippen LogP contribution in [-0.4, -0.2) is 40.9 Å². The number of rotatable bonds is 9. The maximum Gasteiger partial charge on any atom is 0.341 e. The number of aliphatic carboxylic acids is 1. The molecule has 150 valence electrons. The zero-order chi connectivity index (χ0) is 20.2. The van der Waals surface area contributed by atoms with E-state index in [1.54, 1.807) is 6.20 Å². The molecule has 2 N–H and O–H groups in total. The summed E-state index contributed by atoms with van der Waals surface area (Å²) in [5.74, 6) is 0.399. The van der Waals surface area contributed by atoms with Gasteiger partial charge in [-0.1, -0.05) is 26.3 Å². The Morgan fingerprint density at radius 3 is 2.44 bits per heavy atom. The molecule has 0 aliphatic carbocycles. The molecule has 0 saturated carbocycles. The number of aryl methyl sites for hydroxylation is 2. The second-order valence-corrected chi connectivity index (χ2v) is 6.41. The molecule has 0 fully saturated rings. The molecule has 0 amide bonds. The van der Waals surface area contributed by atoms with Gasteiger partial charge in [-0.3, -0.25) is 0 Å². The number of H-pyrrole nitrogens is 1. The van der Waals surface area contributed by atoms with Crippen molar-refractivity contribution in [2.24, 2.45) is 0 Å². The van der Waals surface area contributed by atoms with Crippen LogP contribution >= 0.6 is 0 Å². The summed E-state index contributed by atoms with van der Waals surface area (Å²) in [7, 11) is 0. The van der Waals surface area contributed by atoms with E-state index >= 15 is 0 Å². The molecule has 2 rings (SSSR count). The first-order chi connectivity index (χ1) is 12.9. The van der Waals surface area contributed by atoms with Gasteiger partial charge in [-0.2, -0.15) is 0 Å². The second-order valence-electron chi connectivity index (χ2n) is 6.41. The van der Waals surface area contributed by atoms with Gasteiger partial charge < -0.3 is 19.6 Å². The number of hydrogen-bond acceptors (Lipinski definition) is 4. The normalized spacial score (nSPS) is 10.3. The van der Waals surface area contributed by atoms with Gasteiger partial charge in [0, 0.05) is 18.8 Å². The molecule has 1 aromatic carbocycles. The Bertz CT molecular complexity index is 704. The predicted molar refractivity (Wildman–Crippen MR) is 107 cm³/mol. The van der Waals surface area contributed by atoms with Gasteiger partial charge in [0.2, 0.25) is 0 Å². The molecule has 0 radical (unpaired) electrons. The summed E-state index contributed by atoms with van der Waals surface area (Å²) < 4.78 is 10.6. The van der Waals surface area contributed by atoms with Gasteiger partial charge in [0.1, 0.15) is 11.6 Å². The SMILES string of the molecule is CCCCOCCC.Cc1ncc(-c2ccc(C)c(C)c2OCC(=O)O)[nH]1. The lowest BCUT2D eigenvalue weighted by Gasteiger charge is -2.14. The van der Waals surface area contributed by atoms with Crippen molar-refractivity contribution in [3.8, 4) is 17.0 Å². The number of nitrogens with one attached hydrogen (secondary N) is 1. The van der Waals surface area contributed by atoms with Crippen LogP contribution in [0, 0.1) is 20.8 Å². The van der Waals surface area contributed by atoms with E-state index in [9.17, 15) is 4.79 Å². The van der Waals surface area contributed by atoms with Crippen LogP contribution in [0.25, 0.3) is 11.3 Å². The zero-order valence-corrected chi connectivity index (χ0v) is 17.1. The molecule has 0 saturated heterocycles. The van der Waals surface area contributed by atoms with Crippen LogP contribution in [0.15, 0.2) is 18.3 Å². The van der Waals surface area contributed by atoms with Gasteiger partial charge in [-0.25, -0.2) is 9.78 Å². The molecule has 0 aliphatic rings. The highest BCUT2D eigenvalue weighted by Gasteiger charge is 2.14. The van der Waals surface area contributed by atoms with Crippen molar-refractivity contribution in [1.29, 1.82) is 0 Å². The fraction of sp³-hybridized carbons (Fsp3) is 0.524. The summed E-state index contributed by atoms with van der Waals surface area (Å²) in [6.07, 6.45) is 5.31. The van der Waals surface area contributed by atoms with Crippen LogP contribution in [0.1, 0.15) is 50.1 Å². The Kier molecular flexibility index (Phi) is 10.2. The minimum Gasteiger partial charge on any atom is -0.481 e. The Balaban J connectivity index is 0.000000387. The van der Waals surface area contributed by atoms with E-state index in [-0.39, 0.29) is 6.61 Å². The highest BCUT2D eigenvalue weighted by atomic mass is 16.5. The molecule has 2 aromatic rings. The fourth-order valence-corrected chi connectivity index (χ4v) is 2.37. The fourth-order valence-electron chi connectivity index (χ4n) is 2.37. The molecule has 6 heteroatoms. The average molecular weight is 376 g/mol. The first-order valence-corrected chi connectivity index (χ1v) is 9.45. The van der Waals surface area contributed by atoms with Crippen molar-refractivity contribution in [3.05, 3.63) is 35.3 Å². The number of hydrogen-bond donors (Lipinski definition) is 2. The molecular weight excluding hydrogens is 344 g/mol. The third-order valence-corrected chi connectivity index (χ3v) is 4.00. The van der Waals surface area contributed by atoms with Gasteiger partial charge >= 0.3 is 5.97 Å². The number of unbranched alkanes of at least 4 members (excludes halogenated alkanes) is 1. The number of carboxylic acid groups (broad SMARTS) is 1. The van der Waals surface area contributed by atoms with Crippen LogP contribution < -0.4 is 4.74 Å². The van der Waals surface area contributed by atoms with Crippen LogP contribution in [-0.2, 0) is 9.53 Å². The molecule has 27 heavy (non-hydrogen) atoms. The summed E-state index contributed by atoms with van der Waals surface area (Å²) in [6, 6.07) is 3.89. The third-order valence-electron chi connectivity index (χ3n) is 4.00. The summed E-state index contributed by atoms with van der Waals surface area (Å²) in [5.41, 5.74) is 3.64. The first kappa shape index (κ1) is 22.7. The van der Waals surface area contributed by atoms with E-state index in [0.717, 1.165) is 47.8 Å². The molecule has 0 atom stereocenters. The van der Waals surface area contributed by atoms with E-state index < -0.39 is 5.97 Å². The van der Waals surface area contributed by atoms with Gasteiger partial charge in [0.25, 0.3) is 0 Å². The lowest BCUT2D eigenvalue weighted by Crippen LogP contribution is -2.11. The van der Waals surface area contributed by atoms with Gasteiger partial charge in [0.15, 0.2) is 6.61 Å². The summed E-state index contributed by atoms with van der Waals surface area (Å²) >= 11 is 0. The lowest BCUT2D eigenvalue weighted by molar-refractivity contribution is -0.139. The molecule has 1 heterocycles. The van der Waals surface area contributed by atoms with E-state index in [0.29, 0.717) is 5.75 Å². The molecule has 6 nitrogen and oxygen atoms in total. The molecule has 0 unspecified atom stereocenters. The van der Waals surface area contributed by atoms with Crippen molar-refractivity contribution < 1.29 is 19.4 Å². The van der Waals surface area contributed by atoms with Crippen molar-refractivity contribution in [2.75, 3.05) is 19.8 Å². The smallest absolute Gasteiger partial charge is 0.341 e. The van der Waals surface area contributed by atoms with Gasteiger partial charge in [0.05, 0.1) is 11.9 Å². The monoisotopic (exact) mass is 376 g/mol. The molecule has 0 aliphatic heterocycles. The number of carbonyl (C=O) groups is 1. The topological polar surface area (TPSA) is 84.4 Å². The molecule has 0 bridgehead atoms. The Morgan fingerprint density at radius 2 is 1.89 bits per heavy atom. The minimum absolute atomic E-state index is 0.357. The maximum atomic E-state index is 10.7. The van der Waals surface area contributed by atoms with Crippen LogP contribution in [0.3, 0.4) is 0 Å². The predicted octanol–water partition coefficient (Wildman–Crippen LogP) is 4.68. The van der Waals surface area contributed by atoms with Gasteiger partial charge in [-0.05, 0) is 50.8 Å². The lowest BCUT2D eigenvalue weighted by atomic mass is 10.0. The molecule has 1 aromatic heterocycles. The van der Waals surface area contributed by atoms with Crippen molar-refractivity contribution in [2.45, 2.75) is 53.9 Å². The summed E-state index contributed by atoms with van der Waals surface area (Å²) in [4.78, 5) is 18.0. The number of imidazole rings is 1. The second kappa shape index (κ2) is 12.1. The average Bonchev–Trinajstić information content (AvgIpc) is 3.06. The Hall–Kier alpha value is -2.34. The molecule has 0 spiro atoms. The molecular formula is C21H32N2O4. The first-order valence-electron chi connectivity index (χ1n) is 9.45. The number of aromatic nitrogens is 2. The van der Waals surface area contributed by atoms with Crippen molar-refractivity contribution in [3.63, 3.8) is 0 Å². The number of ether oxygens (including phenoxy) is 2. The van der Waals surface area contributed by atoms with E-state index in [1.807, 2.05) is 32.9 Å². The van der Waals surface area contributed by atoms with Crippen LogP contribution in [0.5, 0.6) is 5.75 Å². The summed E-state index contributed by atoms with van der Waals surface area (Å²) in [6.45, 7) is 11.6. The highest BCUT2D eigenvalue weighted by molar-refractivity contribution is 5.72. The van der Waals surface area contributed by atoms with Gasteiger partial charge in [-0.15, -0.1) is 0 Å². The zero-order valence-electron chi connectivity index (χ0n) is 17.1. The van der Waals surface area contributed by atoms with Crippen LogP contribution in [0.4, 0.5) is 0 Å². The summed E-state index contributed by atoms with van der Waals surface area (Å²) in [5, 5.41) is 8.76. The minimum atomic E-state index is -0.993. The maximum absolute atomic E-state index is 10.7. The third kappa shape index (κ3) is 7.83. The van der Waals surface area contributed by atoms with Crippen molar-refractivity contribution >= 4 is 5.97 Å². The number of nitrogens with zero attached hydrogens (tertiary/aromatic N) is 1. The largest absolute Gasteiger partial charge is 0.481 e. The van der Waals surface area contributed by atoms with Crippen molar-refractivity contribution in [1.82, 2.24) is 9.97 Å². The number of carboxylic acids is 1. The Morgan fingerprint density at radius 1 is 1.15 bits per heavy atom. The Labute approximate surface area is 161 Å². The number of benzene rings is 1. The number of aromatic amines is 1. The van der Waals surface area contributed by atoms with Crippen LogP contribution in [0.2, 0.25) is 0 Å². The van der Waals surface area contributed by atoms with E-state index in [4.69, 9.17) is 14.6 Å². The van der Waals surface area contributed by atoms with E-state index in [1.165, 1.54) is 12.8 Å². The highest BCUT2D eigenvalue weighted by Crippen LogP contribution is 2.33.